The third-order valence-corrected chi connectivity index (χ3v) is 7.56. The van der Waals surface area contributed by atoms with Crippen LogP contribution in [0.15, 0.2) is 40.8 Å². The average molecular weight is 548 g/mol. The number of aryl methyl sites for hydroxylation is 3. The van der Waals surface area contributed by atoms with Crippen LogP contribution in [0.2, 0.25) is 0 Å². The molecule has 0 bridgehead atoms. The Morgan fingerprint density at radius 3 is 2.45 bits per heavy atom. The quantitative estimate of drug-likeness (QED) is 0.206. The summed E-state index contributed by atoms with van der Waals surface area (Å²) in [5.74, 6) is 1.49. The van der Waals surface area contributed by atoms with Crippen molar-refractivity contribution in [3.8, 4) is 17.2 Å². The van der Waals surface area contributed by atoms with Crippen molar-refractivity contribution in [1.29, 1.82) is 0 Å². The first kappa shape index (κ1) is 27.8. The first-order chi connectivity index (χ1) is 19.2. The van der Waals surface area contributed by atoms with Crippen LogP contribution >= 0.6 is 0 Å². The first-order valence-electron chi connectivity index (χ1n) is 13.7. The molecule has 3 heterocycles. The number of aliphatic hydroxyl groups excluding tert-OH is 3. The van der Waals surface area contributed by atoms with E-state index in [0.29, 0.717) is 59.0 Å². The van der Waals surface area contributed by atoms with Crippen LogP contribution in [0.5, 0.6) is 5.88 Å². The van der Waals surface area contributed by atoms with Crippen molar-refractivity contribution in [3.05, 3.63) is 58.9 Å². The second kappa shape index (κ2) is 11.4. The van der Waals surface area contributed by atoms with Gasteiger partial charge in [0.25, 0.3) is 0 Å². The lowest BCUT2D eigenvalue weighted by molar-refractivity contribution is 0.00446. The molecule has 0 radical (unpaired) electrons. The van der Waals surface area contributed by atoms with Crippen molar-refractivity contribution >= 4 is 22.7 Å². The van der Waals surface area contributed by atoms with E-state index >= 15 is 0 Å². The maximum atomic E-state index is 10.7. The smallest absolute Gasteiger partial charge is 0.225 e. The third-order valence-electron chi connectivity index (χ3n) is 7.56. The minimum absolute atomic E-state index is 0.0618. The van der Waals surface area contributed by atoms with Crippen LogP contribution in [-0.4, -0.2) is 61.7 Å². The summed E-state index contributed by atoms with van der Waals surface area (Å²) in [4.78, 5) is 14.1. The minimum atomic E-state index is -1.07. The van der Waals surface area contributed by atoms with Crippen molar-refractivity contribution in [1.82, 2.24) is 15.0 Å². The number of hydrogen-bond donors (Lipinski definition) is 5. The number of furan rings is 1. The predicted molar refractivity (Wildman–Crippen MR) is 154 cm³/mol. The van der Waals surface area contributed by atoms with Gasteiger partial charge in [0.1, 0.15) is 17.7 Å². The highest BCUT2D eigenvalue weighted by Crippen LogP contribution is 2.38. The average Bonchev–Trinajstić information content (AvgIpc) is 3.45. The Labute approximate surface area is 233 Å². The lowest BCUT2D eigenvalue weighted by atomic mass is 10.1. The van der Waals surface area contributed by atoms with E-state index in [1.54, 1.807) is 0 Å². The Hall–Kier alpha value is -3.73. The Kier molecular flexibility index (Phi) is 7.93. The van der Waals surface area contributed by atoms with Gasteiger partial charge in [0, 0.05) is 24.0 Å². The van der Waals surface area contributed by atoms with Gasteiger partial charge in [-0.3, -0.25) is 0 Å². The molecule has 1 saturated carbocycles. The zero-order valence-corrected chi connectivity index (χ0v) is 23.5. The Morgan fingerprint density at radius 2 is 1.77 bits per heavy atom. The van der Waals surface area contributed by atoms with E-state index in [1.165, 1.54) is 5.56 Å². The van der Waals surface area contributed by atoms with E-state index in [9.17, 15) is 15.3 Å². The van der Waals surface area contributed by atoms with Gasteiger partial charge in [-0.2, -0.15) is 4.98 Å². The van der Waals surface area contributed by atoms with Crippen molar-refractivity contribution in [3.63, 3.8) is 0 Å². The highest BCUT2D eigenvalue weighted by atomic mass is 16.5. The molecule has 0 amide bonds. The lowest BCUT2D eigenvalue weighted by Gasteiger charge is -2.22. The number of aromatic nitrogens is 3. The zero-order chi connectivity index (χ0) is 28.6. The van der Waals surface area contributed by atoms with Crippen LogP contribution in [-0.2, 0) is 0 Å². The maximum absolute atomic E-state index is 10.7. The fourth-order valence-corrected chi connectivity index (χ4v) is 5.31. The van der Waals surface area contributed by atoms with Crippen molar-refractivity contribution < 1.29 is 24.5 Å². The molecule has 0 saturated heterocycles. The Balaban J connectivity index is 1.55. The minimum Gasteiger partial charge on any atom is -0.478 e. The number of hydrogen-bond acceptors (Lipinski definition) is 10. The van der Waals surface area contributed by atoms with Crippen LogP contribution in [0.4, 0.5) is 11.8 Å². The van der Waals surface area contributed by atoms with E-state index in [-0.39, 0.29) is 12.6 Å². The van der Waals surface area contributed by atoms with Crippen LogP contribution in [0.25, 0.3) is 22.3 Å². The van der Waals surface area contributed by atoms with Gasteiger partial charge in [0.15, 0.2) is 5.58 Å². The van der Waals surface area contributed by atoms with E-state index in [0.717, 1.165) is 10.9 Å². The standard InChI is InChI=1S/C30H37N5O5/c1-6-39-24-13-20-12-23(40-28(20)18(5)31-24)25-17(4)33-30(32-16(3)19-9-7-15(2)8-10-19)35-29(25)34-22-11-21(14-36)26(37)27(22)38/h7-10,12-13,16,21-22,26-27,36-38H,6,11,14H2,1-5H3,(H2,32,33,34,35)/t16-,21-,22-,26-,27+/m1/s1. The summed E-state index contributed by atoms with van der Waals surface area (Å²) < 4.78 is 11.9. The third kappa shape index (κ3) is 5.47. The summed E-state index contributed by atoms with van der Waals surface area (Å²) in [6.45, 7) is 10.0. The van der Waals surface area contributed by atoms with Gasteiger partial charge in [0.05, 0.1) is 41.7 Å². The van der Waals surface area contributed by atoms with Gasteiger partial charge in [0.2, 0.25) is 11.8 Å². The number of ether oxygens (including phenoxy) is 1. The molecular formula is C30H37N5O5. The van der Waals surface area contributed by atoms with E-state index in [1.807, 2.05) is 46.8 Å². The van der Waals surface area contributed by atoms with Crippen molar-refractivity contribution in [2.75, 3.05) is 23.8 Å². The monoisotopic (exact) mass is 547 g/mol. The highest BCUT2D eigenvalue weighted by Gasteiger charge is 2.41. The van der Waals surface area contributed by atoms with E-state index in [2.05, 4.69) is 39.9 Å². The molecule has 5 N–H and O–H groups in total. The molecule has 5 rings (SSSR count). The molecule has 3 aromatic heterocycles. The molecule has 4 aromatic rings. The van der Waals surface area contributed by atoms with Gasteiger partial charge < -0.3 is 35.1 Å². The molecule has 1 aromatic carbocycles. The molecule has 0 unspecified atom stereocenters. The molecular weight excluding hydrogens is 510 g/mol. The molecule has 40 heavy (non-hydrogen) atoms. The second-order valence-electron chi connectivity index (χ2n) is 10.6. The molecule has 1 fully saturated rings. The number of aliphatic hydroxyl groups is 3. The van der Waals surface area contributed by atoms with Crippen LogP contribution < -0.4 is 15.4 Å². The number of anilines is 2. The summed E-state index contributed by atoms with van der Waals surface area (Å²) in [5.41, 5.74) is 4.91. The number of rotatable bonds is 9. The predicted octanol–water partition coefficient (Wildman–Crippen LogP) is 4.30. The molecule has 0 aliphatic heterocycles. The summed E-state index contributed by atoms with van der Waals surface area (Å²) in [6, 6.07) is 11.4. The van der Waals surface area contributed by atoms with E-state index < -0.39 is 24.2 Å². The van der Waals surface area contributed by atoms with Crippen molar-refractivity contribution in [2.24, 2.45) is 5.92 Å². The topological polar surface area (TPSA) is 146 Å². The van der Waals surface area contributed by atoms with Gasteiger partial charge in [-0.25, -0.2) is 9.97 Å². The highest BCUT2D eigenvalue weighted by molar-refractivity contribution is 5.88. The number of nitrogens with zero attached hydrogens (tertiary/aromatic N) is 3. The molecule has 212 valence electrons. The molecule has 1 aliphatic rings. The van der Waals surface area contributed by atoms with Gasteiger partial charge in [-0.05, 0) is 52.7 Å². The van der Waals surface area contributed by atoms with Crippen LogP contribution in [0.1, 0.15) is 48.8 Å². The van der Waals surface area contributed by atoms with Crippen LogP contribution in [0.3, 0.4) is 0 Å². The number of fused-ring (bicyclic) bond motifs is 1. The van der Waals surface area contributed by atoms with Gasteiger partial charge >= 0.3 is 0 Å². The normalized spacial score (nSPS) is 21.5. The molecule has 0 spiro atoms. The summed E-state index contributed by atoms with van der Waals surface area (Å²) in [7, 11) is 0. The van der Waals surface area contributed by atoms with E-state index in [4.69, 9.17) is 19.1 Å². The molecule has 10 heteroatoms. The fourth-order valence-electron chi connectivity index (χ4n) is 5.31. The summed E-state index contributed by atoms with van der Waals surface area (Å²) in [6.07, 6.45) is -1.73. The number of pyridine rings is 1. The summed E-state index contributed by atoms with van der Waals surface area (Å²) >= 11 is 0. The zero-order valence-electron chi connectivity index (χ0n) is 23.5. The fraction of sp³-hybridized carbons (Fsp3) is 0.433. The molecule has 5 atom stereocenters. The Morgan fingerprint density at radius 1 is 1.02 bits per heavy atom. The largest absolute Gasteiger partial charge is 0.478 e. The lowest BCUT2D eigenvalue weighted by Crippen LogP contribution is -2.35. The van der Waals surface area contributed by atoms with Crippen molar-refractivity contribution in [2.45, 2.75) is 65.3 Å². The number of nitrogens with one attached hydrogen (secondary N) is 2. The maximum Gasteiger partial charge on any atom is 0.225 e. The molecule has 10 nitrogen and oxygen atoms in total. The molecule has 1 aliphatic carbocycles. The number of benzene rings is 1. The van der Waals surface area contributed by atoms with Gasteiger partial charge in [-0.1, -0.05) is 29.8 Å². The Bertz CT molecular complexity index is 1490. The second-order valence-corrected chi connectivity index (χ2v) is 10.6. The van der Waals surface area contributed by atoms with Gasteiger partial charge in [-0.15, -0.1) is 0 Å². The SMILES string of the molecule is CCOc1cc2cc(-c3c(C)nc(N[C@H](C)c4ccc(C)cc4)nc3N[C@@H]3C[C@H](CO)[C@@H](O)[C@H]3O)oc2c(C)n1. The first-order valence-corrected chi connectivity index (χ1v) is 13.7. The summed E-state index contributed by atoms with van der Waals surface area (Å²) in [5, 5.41) is 38.4. The van der Waals surface area contributed by atoms with Crippen LogP contribution in [0, 0.1) is 26.7 Å².